The Morgan fingerprint density at radius 1 is 1.31 bits per heavy atom. The zero-order valence-corrected chi connectivity index (χ0v) is 8.96. The van der Waals surface area contributed by atoms with Gasteiger partial charge in [-0.2, -0.15) is 0 Å². The van der Waals surface area contributed by atoms with Gasteiger partial charge in [0.1, 0.15) is 0 Å². The third kappa shape index (κ3) is 3.27. The van der Waals surface area contributed by atoms with Crippen LogP contribution in [0.3, 0.4) is 0 Å². The van der Waals surface area contributed by atoms with Gasteiger partial charge < -0.3 is 4.55 Å². The van der Waals surface area contributed by atoms with Gasteiger partial charge in [0.05, 0.1) is 0 Å². The number of hydrogen-bond acceptors (Lipinski definition) is 2. The number of halogens is 2. The standard InChI is InChI=1S/C8H8Cl2O2S/c9-7-2-1-3-8(10)6(7)4-5-13(11)12/h1-3H,4-5H2,(H,11,12)/p-1. The van der Waals surface area contributed by atoms with Crippen LogP contribution in [0.25, 0.3) is 0 Å². The van der Waals surface area contributed by atoms with Crippen LogP contribution in [0.1, 0.15) is 5.56 Å². The molecule has 1 aromatic rings. The van der Waals surface area contributed by atoms with Crippen LogP contribution in [0.2, 0.25) is 10.0 Å². The maximum atomic E-state index is 10.3. The van der Waals surface area contributed by atoms with Crippen LogP contribution in [0.5, 0.6) is 0 Å². The minimum atomic E-state index is -2.05. The Bertz CT molecular complexity index is 308. The fourth-order valence-corrected chi connectivity index (χ4v) is 1.91. The summed E-state index contributed by atoms with van der Waals surface area (Å²) in [4.78, 5) is 0. The van der Waals surface area contributed by atoms with Gasteiger partial charge in [0.25, 0.3) is 0 Å². The van der Waals surface area contributed by atoms with Crippen molar-refractivity contribution in [2.24, 2.45) is 0 Å². The lowest BCUT2D eigenvalue weighted by Gasteiger charge is -2.07. The van der Waals surface area contributed by atoms with Gasteiger partial charge in [0.2, 0.25) is 0 Å². The van der Waals surface area contributed by atoms with Crippen molar-refractivity contribution in [3.63, 3.8) is 0 Å². The minimum absolute atomic E-state index is 0.0451. The van der Waals surface area contributed by atoms with Crippen LogP contribution >= 0.6 is 23.2 Å². The zero-order valence-electron chi connectivity index (χ0n) is 6.63. The summed E-state index contributed by atoms with van der Waals surface area (Å²) in [6.07, 6.45) is 0.356. The SMILES string of the molecule is O=S([O-])CCc1c(Cl)cccc1Cl. The molecule has 0 aliphatic heterocycles. The number of rotatable bonds is 3. The summed E-state index contributed by atoms with van der Waals surface area (Å²) in [6, 6.07) is 5.11. The fraction of sp³-hybridized carbons (Fsp3) is 0.250. The molecule has 0 aliphatic rings. The molecule has 0 aliphatic carbocycles. The smallest absolute Gasteiger partial charge is 0.0453 e. The molecule has 0 radical (unpaired) electrons. The summed E-state index contributed by atoms with van der Waals surface area (Å²) in [5.74, 6) is 0.0451. The van der Waals surface area contributed by atoms with E-state index in [-0.39, 0.29) is 5.75 Å². The average Bonchev–Trinajstić information content (AvgIpc) is 2.03. The molecule has 1 atom stereocenters. The minimum Gasteiger partial charge on any atom is -0.772 e. The molecule has 0 N–H and O–H groups in total. The highest BCUT2D eigenvalue weighted by atomic mass is 35.5. The summed E-state index contributed by atoms with van der Waals surface area (Å²) in [6.45, 7) is 0. The van der Waals surface area contributed by atoms with Gasteiger partial charge >= 0.3 is 0 Å². The molecular formula is C8H7Cl2O2S-. The highest BCUT2D eigenvalue weighted by Gasteiger charge is 2.04. The second kappa shape index (κ2) is 4.96. The van der Waals surface area contributed by atoms with Gasteiger partial charge in [-0.1, -0.05) is 40.3 Å². The van der Waals surface area contributed by atoms with Gasteiger partial charge in [-0.3, -0.25) is 4.21 Å². The molecule has 72 valence electrons. The van der Waals surface area contributed by atoms with Crippen molar-refractivity contribution in [2.45, 2.75) is 6.42 Å². The molecule has 0 spiro atoms. The van der Waals surface area contributed by atoms with E-state index in [4.69, 9.17) is 23.2 Å². The molecular weight excluding hydrogens is 231 g/mol. The third-order valence-corrected chi connectivity index (χ3v) is 2.83. The lowest BCUT2D eigenvalue weighted by molar-refractivity contribution is 0.536. The van der Waals surface area contributed by atoms with Crippen LogP contribution in [0.4, 0.5) is 0 Å². The first-order valence-electron chi connectivity index (χ1n) is 3.60. The van der Waals surface area contributed by atoms with E-state index in [1.165, 1.54) is 0 Å². The van der Waals surface area contributed by atoms with Crippen molar-refractivity contribution < 1.29 is 8.76 Å². The van der Waals surface area contributed by atoms with Crippen molar-refractivity contribution in [3.8, 4) is 0 Å². The van der Waals surface area contributed by atoms with Crippen molar-refractivity contribution in [3.05, 3.63) is 33.8 Å². The Labute approximate surface area is 89.1 Å². The van der Waals surface area contributed by atoms with E-state index in [1.807, 2.05) is 0 Å². The third-order valence-electron chi connectivity index (χ3n) is 1.58. The van der Waals surface area contributed by atoms with Gasteiger partial charge in [-0.15, -0.1) is 0 Å². The molecule has 0 saturated heterocycles. The first-order chi connectivity index (χ1) is 6.11. The van der Waals surface area contributed by atoms with Crippen molar-refractivity contribution in [1.29, 1.82) is 0 Å². The molecule has 1 aromatic carbocycles. The maximum absolute atomic E-state index is 10.3. The molecule has 1 rings (SSSR count). The molecule has 0 heterocycles. The topological polar surface area (TPSA) is 40.1 Å². The lowest BCUT2D eigenvalue weighted by atomic mass is 10.2. The summed E-state index contributed by atoms with van der Waals surface area (Å²) in [5, 5.41) is 1.02. The summed E-state index contributed by atoms with van der Waals surface area (Å²) >= 11 is 9.61. The monoisotopic (exact) mass is 237 g/mol. The van der Waals surface area contributed by atoms with Crippen LogP contribution in [-0.4, -0.2) is 14.5 Å². The second-order valence-electron chi connectivity index (χ2n) is 2.46. The van der Waals surface area contributed by atoms with E-state index >= 15 is 0 Å². The van der Waals surface area contributed by atoms with E-state index in [2.05, 4.69) is 0 Å². The van der Waals surface area contributed by atoms with E-state index in [1.54, 1.807) is 18.2 Å². The predicted octanol–water partition coefficient (Wildman–Crippen LogP) is 2.42. The molecule has 0 saturated carbocycles. The fourth-order valence-electron chi connectivity index (χ4n) is 0.957. The van der Waals surface area contributed by atoms with Crippen LogP contribution in [0, 0.1) is 0 Å². The molecule has 0 aromatic heterocycles. The molecule has 0 bridgehead atoms. The molecule has 0 amide bonds. The van der Waals surface area contributed by atoms with E-state index in [0.717, 1.165) is 0 Å². The highest BCUT2D eigenvalue weighted by Crippen LogP contribution is 2.24. The average molecular weight is 238 g/mol. The second-order valence-corrected chi connectivity index (χ2v) is 4.29. The Morgan fingerprint density at radius 3 is 2.31 bits per heavy atom. The van der Waals surface area contributed by atoms with E-state index < -0.39 is 11.1 Å². The van der Waals surface area contributed by atoms with Gasteiger partial charge in [-0.25, -0.2) is 0 Å². The van der Waals surface area contributed by atoms with Gasteiger partial charge in [0.15, 0.2) is 0 Å². The van der Waals surface area contributed by atoms with E-state index in [9.17, 15) is 8.76 Å². The Morgan fingerprint density at radius 2 is 1.85 bits per heavy atom. The first-order valence-corrected chi connectivity index (χ1v) is 5.60. The summed E-state index contributed by atoms with van der Waals surface area (Å²) < 4.78 is 20.6. The first kappa shape index (κ1) is 11.0. The van der Waals surface area contributed by atoms with Gasteiger partial charge in [0, 0.05) is 15.8 Å². The quantitative estimate of drug-likeness (QED) is 0.758. The number of benzene rings is 1. The molecule has 5 heteroatoms. The van der Waals surface area contributed by atoms with Crippen LogP contribution < -0.4 is 0 Å². The molecule has 1 unspecified atom stereocenters. The van der Waals surface area contributed by atoms with Gasteiger partial charge in [-0.05, 0) is 24.1 Å². The predicted molar refractivity (Wildman–Crippen MR) is 54.0 cm³/mol. The van der Waals surface area contributed by atoms with Crippen molar-refractivity contribution in [1.82, 2.24) is 0 Å². The maximum Gasteiger partial charge on any atom is 0.0453 e. The van der Waals surface area contributed by atoms with Crippen molar-refractivity contribution in [2.75, 3.05) is 5.75 Å². The van der Waals surface area contributed by atoms with Crippen LogP contribution in [-0.2, 0) is 17.5 Å². The Balaban J connectivity index is 2.81. The molecule has 2 nitrogen and oxygen atoms in total. The number of hydrogen-bond donors (Lipinski definition) is 0. The molecule has 13 heavy (non-hydrogen) atoms. The zero-order chi connectivity index (χ0) is 9.84. The van der Waals surface area contributed by atoms with E-state index in [0.29, 0.717) is 22.0 Å². The summed E-state index contributed by atoms with van der Waals surface area (Å²) in [7, 11) is 0. The largest absolute Gasteiger partial charge is 0.772 e. The Hall–Kier alpha value is -0.0900. The lowest BCUT2D eigenvalue weighted by Crippen LogP contribution is -2.00. The van der Waals surface area contributed by atoms with Crippen LogP contribution in [0.15, 0.2) is 18.2 Å². The summed E-state index contributed by atoms with van der Waals surface area (Å²) in [5.41, 5.74) is 0.690. The Kier molecular flexibility index (Phi) is 4.19. The normalized spacial score (nSPS) is 12.8. The highest BCUT2D eigenvalue weighted by molar-refractivity contribution is 7.79. The molecule has 0 fully saturated rings. The van der Waals surface area contributed by atoms with Crippen molar-refractivity contribution >= 4 is 34.3 Å².